The van der Waals surface area contributed by atoms with Gasteiger partial charge in [-0.15, -0.1) is 0 Å². The van der Waals surface area contributed by atoms with Crippen LogP contribution in [0.2, 0.25) is 0 Å². The summed E-state index contributed by atoms with van der Waals surface area (Å²) in [5.41, 5.74) is 0. The second-order valence-electron chi connectivity index (χ2n) is 5.62. The molecule has 0 aromatic rings. The van der Waals surface area contributed by atoms with Gasteiger partial charge in [0.25, 0.3) is 0 Å². The third-order valence-corrected chi connectivity index (χ3v) is 3.82. The SMILES string of the molecule is C(CNCCCC1CCNC1)COCC1CC1. The Morgan fingerprint density at radius 2 is 1.94 bits per heavy atom. The second kappa shape index (κ2) is 8.06. The summed E-state index contributed by atoms with van der Waals surface area (Å²) in [6.45, 7) is 6.73. The van der Waals surface area contributed by atoms with Gasteiger partial charge in [-0.1, -0.05) is 0 Å². The summed E-state index contributed by atoms with van der Waals surface area (Å²) in [6, 6.07) is 0. The molecule has 1 heterocycles. The standard InChI is InChI=1S/C14H28N2O/c1(3-13-6-9-16-11-13)7-15-8-2-10-17-12-14-4-5-14/h13-16H,1-12H2. The van der Waals surface area contributed by atoms with Crippen molar-refractivity contribution in [3.05, 3.63) is 0 Å². The molecule has 1 atom stereocenters. The van der Waals surface area contributed by atoms with Gasteiger partial charge in [-0.3, -0.25) is 0 Å². The molecule has 1 aliphatic heterocycles. The van der Waals surface area contributed by atoms with Crippen molar-refractivity contribution in [2.45, 2.75) is 38.5 Å². The number of ether oxygens (including phenoxy) is 1. The molecule has 2 rings (SSSR count). The molecule has 2 aliphatic rings. The van der Waals surface area contributed by atoms with Crippen LogP contribution in [0, 0.1) is 11.8 Å². The fourth-order valence-corrected chi connectivity index (χ4v) is 2.44. The quantitative estimate of drug-likeness (QED) is 0.571. The minimum absolute atomic E-state index is 0.906. The predicted molar refractivity (Wildman–Crippen MR) is 71.2 cm³/mol. The molecule has 2 fully saturated rings. The van der Waals surface area contributed by atoms with Crippen LogP contribution in [0.15, 0.2) is 0 Å². The second-order valence-corrected chi connectivity index (χ2v) is 5.62. The van der Waals surface area contributed by atoms with E-state index in [1.165, 1.54) is 51.7 Å². The minimum atomic E-state index is 0.906. The summed E-state index contributed by atoms with van der Waals surface area (Å²) in [7, 11) is 0. The zero-order valence-corrected chi connectivity index (χ0v) is 11.0. The highest BCUT2D eigenvalue weighted by atomic mass is 16.5. The largest absolute Gasteiger partial charge is 0.381 e. The molecule has 0 spiro atoms. The van der Waals surface area contributed by atoms with Crippen LogP contribution in [0.25, 0.3) is 0 Å². The average molecular weight is 240 g/mol. The molecular weight excluding hydrogens is 212 g/mol. The summed E-state index contributed by atoms with van der Waals surface area (Å²) in [5.74, 6) is 1.85. The Bertz CT molecular complexity index is 189. The summed E-state index contributed by atoms with van der Waals surface area (Å²) >= 11 is 0. The highest BCUT2D eigenvalue weighted by molar-refractivity contribution is 4.72. The van der Waals surface area contributed by atoms with E-state index >= 15 is 0 Å². The highest BCUT2D eigenvalue weighted by Gasteiger charge is 2.20. The van der Waals surface area contributed by atoms with Crippen LogP contribution in [-0.4, -0.2) is 39.4 Å². The summed E-state index contributed by atoms with van der Waals surface area (Å²) in [4.78, 5) is 0. The van der Waals surface area contributed by atoms with E-state index in [0.717, 1.165) is 38.0 Å². The molecule has 2 N–H and O–H groups in total. The van der Waals surface area contributed by atoms with Gasteiger partial charge in [0, 0.05) is 13.2 Å². The Morgan fingerprint density at radius 1 is 1.06 bits per heavy atom. The molecule has 3 nitrogen and oxygen atoms in total. The normalized spacial score (nSPS) is 24.4. The van der Waals surface area contributed by atoms with Gasteiger partial charge < -0.3 is 15.4 Å². The minimum Gasteiger partial charge on any atom is -0.381 e. The van der Waals surface area contributed by atoms with Crippen LogP contribution < -0.4 is 10.6 Å². The maximum absolute atomic E-state index is 5.60. The van der Waals surface area contributed by atoms with E-state index in [1.54, 1.807) is 0 Å². The number of rotatable bonds is 10. The highest BCUT2D eigenvalue weighted by Crippen LogP contribution is 2.28. The van der Waals surface area contributed by atoms with Crippen molar-refractivity contribution in [2.75, 3.05) is 39.4 Å². The van der Waals surface area contributed by atoms with Gasteiger partial charge in [-0.05, 0) is 76.5 Å². The first-order chi connectivity index (χ1) is 8.45. The Balaban J connectivity index is 1.27. The van der Waals surface area contributed by atoms with Crippen molar-refractivity contribution < 1.29 is 4.74 Å². The van der Waals surface area contributed by atoms with Crippen molar-refractivity contribution in [2.24, 2.45) is 11.8 Å². The van der Waals surface area contributed by atoms with Crippen LogP contribution in [0.4, 0.5) is 0 Å². The lowest BCUT2D eigenvalue weighted by atomic mass is 10.0. The van der Waals surface area contributed by atoms with Gasteiger partial charge in [-0.2, -0.15) is 0 Å². The van der Waals surface area contributed by atoms with Crippen LogP contribution >= 0.6 is 0 Å². The monoisotopic (exact) mass is 240 g/mol. The van der Waals surface area contributed by atoms with Gasteiger partial charge in [0.2, 0.25) is 0 Å². The van der Waals surface area contributed by atoms with Crippen molar-refractivity contribution in [1.29, 1.82) is 0 Å². The number of hydrogen-bond acceptors (Lipinski definition) is 3. The fourth-order valence-electron chi connectivity index (χ4n) is 2.44. The van der Waals surface area contributed by atoms with Crippen molar-refractivity contribution in [3.8, 4) is 0 Å². The maximum atomic E-state index is 5.60. The van der Waals surface area contributed by atoms with Crippen molar-refractivity contribution in [3.63, 3.8) is 0 Å². The summed E-state index contributed by atoms with van der Waals surface area (Å²) in [6.07, 6.45) is 8.06. The predicted octanol–water partition coefficient (Wildman–Crippen LogP) is 1.78. The zero-order valence-electron chi connectivity index (χ0n) is 11.0. The van der Waals surface area contributed by atoms with Crippen LogP contribution in [0.1, 0.15) is 38.5 Å². The van der Waals surface area contributed by atoms with Crippen molar-refractivity contribution in [1.82, 2.24) is 10.6 Å². The molecule has 0 radical (unpaired) electrons. The Kier molecular flexibility index (Phi) is 6.32. The van der Waals surface area contributed by atoms with E-state index in [2.05, 4.69) is 10.6 Å². The molecule has 1 unspecified atom stereocenters. The lowest BCUT2D eigenvalue weighted by Crippen LogP contribution is -2.19. The average Bonchev–Trinajstić information content (AvgIpc) is 3.02. The van der Waals surface area contributed by atoms with E-state index in [4.69, 9.17) is 4.74 Å². The first-order valence-corrected chi connectivity index (χ1v) is 7.44. The summed E-state index contributed by atoms with van der Waals surface area (Å²) in [5, 5.41) is 6.94. The molecule has 1 saturated carbocycles. The third kappa shape index (κ3) is 6.39. The topological polar surface area (TPSA) is 33.3 Å². The molecule has 1 saturated heterocycles. The first-order valence-electron chi connectivity index (χ1n) is 7.44. The molecule has 100 valence electrons. The number of nitrogens with one attached hydrogen (secondary N) is 2. The van der Waals surface area contributed by atoms with E-state index in [0.29, 0.717) is 0 Å². The van der Waals surface area contributed by atoms with E-state index < -0.39 is 0 Å². The van der Waals surface area contributed by atoms with Crippen LogP contribution in [-0.2, 0) is 4.74 Å². The molecular formula is C14H28N2O. The van der Waals surface area contributed by atoms with Gasteiger partial charge in [0.1, 0.15) is 0 Å². The molecule has 0 bridgehead atoms. The van der Waals surface area contributed by atoms with Gasteiger partial charge in [-0.25, -0.2) is 0 Å². The lowest BCUT2D eigenvalue weighted by Gasteiger charge is -2.08. The Labute approximate surface area is 106 Å². The zero-order chi connectivity index (χ0) is 11.8. The maximum Gasteiger partial charge on any atom is 0.0494 e. The Hall–Kier alpha value is -0.120. The molecule has 1 aliphatic carbocycles. The van der Waals surface area contributed by atoms with E-state index in [9.17, 15) is 0 Å². The van der Waals surface area contributed by atoms with Gasteiger partial charge >= 0.3 is 0 Å². The van der Waals surface area contributed by atoms with E-state index in [1.807, 2.05) is 0 Å². The van der Waals surface area contributed by atoms with Crippen LogP contribution in [0.5, 0.6) is 0 Å². The number of hydrogen-bond donors (Lipinski definition) is 2. The third-order valence-electron chi connectivity index (χ3n) is 3.82. The fraction of sp³-hybridized carbons (Fsp3) is 1.00. The van der Waals surface area contributed by atoms with E-state index in [-0.39, 0.29) is 0 Å². The first kappa shape index (κ1) is 13.3. The van der Waals surface area contributed by atoms with Gasteiger partial charge in [0.05, 0.1) is 0 Å². The summed E-state index contributed by atoms with van der Waals surface area (Å²) < 4.78 is 5.60. The molecule has 17 heavy (non-hydrogen) atoms. The molecule has 0 aromatic carbocycles. The van der Waals surface area contributed by atoms with Gasteiger partial charge in [0.15, 0.2) is 0 Å². The molecule has 3 heteroatoms. The van der Waals surface area contributed by atoms with Crippen molar-refractivity contribution >= 4 is 0 Å². The Morgan fingerprint density at radius 3 is 2.71 bits per heavy atom. The molecule has 0 amide bonds. The molecule has 0 aromatic heterocycles. The smallest absolute Gasteiger partial charge is 0.0494 e. The van der Waals surface area contributed by atoms with Crippen LogP contribution in [0.3, 0.4) is 0 Å². The lowest BCUT2D eigenvalue weighted by molar-refractivity contribution is 0.122.